The molecule has 0 aliphatic carbocycles. The second-order valence-electron chi connectivity index (χ2n) is 5.53. The van der Waals surface area contributed by atoms with Gasteiger partial charge in [0.2, 0.25) is 5.91 Å². The van der Waals surface area contributed by atoms with E-state index in [1.807, 2.05) is 54.2 Å². The quantitative estimate of drug-likeness (QED) is 0.912. The van der Waals surface area contributed by atoms with Gasteiger partial charge in [0.1, 0.15) is 0 Å². The molecular formula is C18H20N2OS. The summed E-state index contributed by atoms with van der Waals surface area (Å²) in [6.07, 6.45) is 1.52. The molecule has 1 aliphatic rings. The number of amides is 1. The average Bonchev–Trinajstić information content (AvgIpc) is 2.56. The molecule has 0 spiro atoms. The van der Waals surface area contributed by atoms with Gasteiger partial charge in [-0.05, 0) is 30.0 Å². The Labute approximate surface area is 135 Å². The maximum atomic E-state index is 12.4. The van der Waals surface area contributed by atoms with Crippen LogP contribution in [0.25, 0.3) is 0 Å². The van der Waals surface area contributed by atoms with Gasteiger partial charge >= 0.3 is 0 Å². The molecule has 114 valence electrons. The van der Waals surface area contributed by atoms with E-state index in [1.54, 1.807) is 0 Å². The first-order valence-corrected chi connectivity index (χ1v) is 8.54. The molecule has 3 N–H and O–H groups in total. The molecular weight excluding hydrogens is 292 g/mol. The number of rotatable bonds is 4. The number of hydrogen-bond donors (Lipinski definition) is 2. The third kappa shape index (κ3) is 3.51. The molecule has 0 fully saturated rings. The van der Waals surface area contributed by atoms with E-state index in [4.69, 9.17) is 5.73 Å². The number of carbonyl (C=O) groups excluding carboxylic acids is 1. The van der Waals surface area contributed by atoms with Crippen molar-refractivity contribution in [2.45, 2.75) is 29.8 Å². The van der Waals surface area contributed by atoms with Gasteiger partial charge < -0.3 is 11.1 Å². The lowest BCUT2D eigenvalue weighted by atomic mass is 10.0. The lowest BCUT2D eigenvalue weighted by Crippen LogP contribution is -2.44. The van der Waals surface area contributed by atoms with Crippen molar-refractivity contribution in [3.8, 4) is 0 Å². The van der Waals surface area contributed by atoms with Crippen molar-refractivity contribution in [1.29, 1.82) is 0 Å². The van der Waals surface area contributed by atoms with E-state index in [0.717, 1.165) is 17.7 Å². The van der Waals surface area contributed by atoms with E-state index < -0.39 is 6.04 Å². The Morgan fingerprint density at radius 1 is 1.18 bits per heavy atom. The van der Waals surface area contributed by atoms with Gasteiger partial charge in [-0.25, -0.2) is 0 Å². The normalized spacial score (nSPS) is 18.3. The second-order valence-corrected chi connectivity index (χ2v) is 6.67. The number of fused-ring (bicyclic) bond motifs is 1. The molecule has 1 aliphatic heterocycles. The van der Waals surface area contributed by atoms with E-state index >= 15 is 0 Å². The minimum atomic E-state index is -0.510. The van der Waals surface area contributed by atoms with Crippen molar-refractivity contribution in [2.24, 2.45) is 5.73 Å². The smallest absolute Gasteiger partial charge is 0.237 e. The van der Waals surface area contributed by atoms with Gasteiger partial charge in [-0.2, -0.15) is 0 Å². The Morgan fingerprint density at radius 3 is 2.73 bits per heavy atom. The van der Waals surface area contributed by atoms with Gasteiger partial charge in [-0.3, -0.25) is 4.79 Å². The third-order valence-corrected chi connectivity index (χ3v) is 5.03. The fourth-order valence-electron chi connectivity index (χ4n) is 2.73. The zero-order chi connectivity index (χ0) is 15.4. The monoisotopic (exact) mass is 312 g/mol. The summed E-state index contributed by atoms with van der Waals surface area (Å²) in [6, 6.07) is 17.7. The van der Waals surface area contributed by atoms with Crippen LogP contribution in [0.3, 0.4) is 0 Å². The fraction of sp³-hybridized carbons (Fsp3) is 0.278. The van der Waals surface area contributed by atoms with Crippen LogP contribution in [-0.4, -0.2) is 17.7 Å². The molecule has 22 heavy (non-hydrogen) atoms. The number of hydrogen-bond acceptors (Lipinski definition) is 3. The van der Waals surface area contributed by atoms with Crippen LogP contribution in [0.2, 0.25) is 0 Å². The summed E-state index contributed by atoms with van der Waals surface area (Å²) >= 11 is 1.85. The van der Waals surface area contributed by atoms with Crippen LogP contribution < -0.4 is 11.1 Å². The highest BCUT2D eigenvalue weighted by atomic mass is 32.2. The molecule has 0 aromatic heterocycles. The molecule has 0 saturated heterocycles. The summed E-state index contributed by atoms with van der Waals surface area (Å²) in [5, 5.41) is 3.12. The van der Waals surface area contributed by atoms with Crippen LogP contribution in [0.5, 0.6) is 0 Å². The van der Waals surface area contributed by atoms with Gasteiger partial charge in [0, 0.05) is 10.6 Å². The summed E-state index contributed by atoms with van der Waals surface area (Å²) in [5.74, 6) is 0.950. The zero-order valence-corrected chi connectivity index (χ0v) is 13.2. The first kappa shape index (κ1) is 15.1. The van der Waals surface area contributed by atoms with Crippen LogP contribution in [0.4, 0.5) is 0 Å². The number of thioether (sulfide) groups is 1. The fourth-order valence-corrected chi connectivity index (χ4v) is 3.86. The lowest BCUT2D eigenvalue weighted by molar-refractivity contribution is -0.123. The first-order chi connectivity index (χ1) is 10.7. The van der Waals surface area contributed by atoms with Crippen molar-refractivity contribution in [3.05, 3.63) is 65.7 Å². The van der Waals surface area contributed by atoms with Gasteiger partial charge in [-0.1, -0.05) is 48.5 Å². The van der Waals surface area contributed by atoms with E-state index in [9.17, 15) is 4.79 Å². The number of nitrogens with two attached hydrogens (primary N) is 1. The molecule has 0 bridgehead atoms. The van der Waals surface area contributed by atoms with Crippen LogP contribution in [0.15, 0.2) is 59.5 Å². The third-order valence-electron chi connectivity index (χ3n) is 3.91. The summed E-state index contributed by atoms with van der Waals surface area (Å²) in [4.78, 5) is 13.6. The molecule has 2 aromatic rings. The van der Waals surface area contributed by atoms with Crippen LogP contribution >= 0.6 is 11.8 Å². The highest BCUT2D eigenvalue weighted by Gasteiger charge is 2.24. The molecule has 1 amide bonds. The second kappa shape index (κ2) is 6.99. The Hall–Kier alpha value is -1.78. The molecule has 1 heterocycles. The molecule has 3 rings (SSSR count). The maximum absolute atomic E-state index is 12.4. The van der Waals surface area contributed by atoms with Gasteiger partial charge in [0.25, 0.3) is 0 Å². The van der Waals surface area contributed by atoms with Crippen molar-refractivity contribution >= 4 is 17.7 Å². The summed E-state index contributed by atoms with van der Waals surface area (Å²) in [7, 11) is 0. The Morgan fingerprint density at radius 2 is 1.91 bits per heavy atom. The predicted octanol–water partition coefficient (Wildman–Crippen LogP) is 2.91. The van der Waals surface area contributed by atoms with Crippen LogP contribution in [0, 0.1) is 0 Å². The summed E-state index contributed by atoms with van der Waals surface area (Å²) < 4.78 is 0. The molecule has 2 unspecified atom stereocenters. The Bertz CT molecular complexity index is 645. The van der Waals surface area contributed by atoms with Gasteiger partial charge in [0.05, 0.1) is 12.1 Å². The standard InChI is InChI=1S/C18H20N2OS/c19-15(12-13-6-2-1-3-7-13)18(21)20-16-10-11-22-17-9-5-4-8-14(16)17/h1-9,15-16H,10-12,19H2,(H,20,21). The minimum absolute atomic E-state index is 0.0736. The van der Waals surface area contributed by atoms with Crippen molar-refractivity contribution < 1.29 is 4.79 Å². The number of nitrogens with one attached hydrogen (secondary N) is 1. The van der Waals surface area contributed by atoms with Crippen molar-refractivity contribution in [2.75, 3.05) is 5.75 Å². The largest absolute Gasteiger partial charge is 0.348 e. The van der Waals surface area contributed by atoms with E-state index in [1.165, 1.54) is 10.5 Å². The number of benzene rings is 2. The predicted molar refractivity (Wildman–Crippen MR) is 90.8 cm³/mol. The van der Waals surface area contributed by atoms with E-state index in [2.05, 4.69) is 17.4 Å². The topological polar surface area (TPSA) is 55.1 Å². The van der Waals surface area contributed by atoms with Crippen LogP contribution in [0.1, 0.15) is 23.6 Å². The summed E-state index contributed by atoms with van der Waals surface area (Å²) in [5.41, 5.74) is 8.36. The molecule has 2 atom stereocenters. The molecule has 3 nitrogen and oxygen atoms in total. The van der Waals surface area contributed by atoms with Crippen molar-refractivity contribution in [1.82, 2.24) is 5.32 Å². The Kier molecular flexibility index (Phi) is 4.80. The van der Waals surface area contributed by atoms with Gasteiger partial charge in [-0.15, -0.1) is 11.8 Å². The first-order valence-electron chi connectivity index (χ1n) is 7.55. The molecule has 0 saturated carbocycles. The molecule has 0 radical (unpaired) electrons. The molecule has 4 heteroatoms. The number of carbonyl (C=O) groups is 1. The average molecular weight is 312 g/mol. The van der Waals surface area contributed by atoms with Gasteiger partial charge in [0.15, 0.2) is 0 Å². The minimum Gasteiger partial charge on any atom is -0.348 e. The Balaban J connectivity index is 1.65. The summed E-state index contributed by atoms with van der Waals surface area (Å²) in [6.45, 7) is 0. The van der Waals surface area contributed by atoms with Crippen LogP contribution in [-0.2, 0) is 11.2 Å². The van der Waals surface area contributed by atoms with E-state index in [0.29, 0.717) is 6.42 Å². The lowest BCUT2D eigenvalue weighted by Gasteiger charge is -2.27. The highest BCUT2D eigenvalue weighted by molar-refractivity contribution is 7.99. The highest BCUT2D eigenvalue weighted by Crippen LogP contribution is 2.35. The van der Waals surface area contributed by atoms with E-state index in [-0.39, 0.29) is 11.9 Å². The van der Waals surface area contributed by atoms with Crippen molar-refractivity contribution in [3.63, 3.8) is 0 Å². The zero-order valence-electron chi connectivity index (χ0n) is 12.4. The molecule has 2 aromatic carbocycles. The maximum Gasteiger partial charge on any atom is 0.237 e. The SMILES string of the molecule is NC(Cc1ccccc1)C(=O)NC1CCSc2ccccc21.